The van der Waals surface area contributed by atoms with E-state index >= 15 is 0 Å². The highest BCUT2D eigenvalue weighted by Gasteiger charge is 2.43. The van der Waals surface area contributed by atoms with E-state index in [-0.39, 0.29) is 29.8 Å². The first-order valence-corrected chi connectivity index (χ1v) is 7.65. The number of aliphatic hydroxyl groups is 1. The summed E-state index contributed by atoms with van der Waals surface area (Å²) in [6, 6.07) is 4.79. The summed E-state index contributed by atoms with van der Waals surface area (Å²) < 4.78 is 14.0. The summed E-state index contributed by atoms with van der Waals surface area (Å²) in [6.07, 6.45) is 2.81. The minimum atomic E-state index is -0.396. The smallest absolute Gasteiger partial charge is 0.256 e. The van der Waals surface area contributed by atoms with E-state index in [1.54, 1.807) is 12.1 Å². The van der Waals surface area contributed by atoms with Gasteiger partial charge in [0.05, 0.1) is 17.4 Å². The number of nitrogens with one attached hydrogen (secondary N) is 1. The Balaban J connectivity index is 1.91. The Morgan fingerprint density at radius 3 is 2.67 bits per heavy atom. The van der Waals surface area contributed by atoms with Crippen LogP contribution in [0.5, 0.6) is 0 Å². The molecular formula is C16H21FN2O2. The number of anilines is 1. The quantitative estimate of drug-likeness (QED) is 0.899. The van der Waals surface area contributed by atoms with Gasteiger partial charge in [0, 0.05) is 18.6 Å². The zero-order valence-corrected chi connectivity index (χ0v) is 12.2. The summed E-state index contributed by atoms with van der Waals surface area (Å²) in [4.78, 5) is 14.7. The van der Waals surface area contributed by atoms with Gasteiger partial charge in [-0.15, -0.1) is 0 Å². The number of halogens is 1. The van der Waals surface area contributed by atoms with Gasteiger partial charge in [0.1, 0.15) is 5.82 Å². The molecule has 2 heterocycles. The van der Waals surface area contributed by atoms with Crippen LogP contribution in [0.4, 0.5) is 10.1 Å². The average Bonchev–Trinajstić information content (AvgIpc) is 2.72. The highest BCUT2D eigenvalue weighted by atomic mass is 19.1. The summed E-state index contributed by atoms with van der Waals surface area (Å²) in [5.41, 5.74) is 0.681. The number of para-hydroxylation sites is 1. The number of hydrogen-bond acceptors (Lipinski definition) is 3. The Hall–Kier alpha value is -1.62. The molecule has 0 aromatic heterocycles. The molecule has 21 heavy (non-hydrogen) atoms. The molecule has 1 aromatic rings. The fourth-order valence-electron chi connectivity index (χ4n) is 3.68. The highest BCUT2D eigenvalue weighted by molar-refractivity contribution is 6.00. The summed E-state index contributed by atoms with van der Waals surface area (Å²) in [7, 11) is 0. The molecule has 4 nitrogen and oxygen atoms in total. The van der Waals surface area contributed by atoms with Gasteiger partial charge in [-0.05, 0) is 44.7 Å². The van der Waals surface area contributed by atoms with E-state index in [4.69, 9.17) is 0 Å². The Morgan fingerprint density at radius 1 is 1.38 bits per heavy atom. The first-order chi connectivity index (χ1) is 10.1. The fourth-order valence-corrected chi connectivity index (χ4v) is 3.68. The lowest BCUT2D eigenvalue weighted by Gasteiger charge is -2.37. The second-order valence-corrected chi connectivity index (χ2v) is 5.92. The van der Waals surface area contributed by atoms with Crippen molar-refractivity contribution in [3.63, 3.8) is 0 Å². The summed E-state index contributed by atoms with van der Waals surface area (Å²) in [6.45, 7) is 2.44. The number of carbonyl (C=O) groups is 1. The zero-order valence-electron chi connectivity index (χ0n) is 12.2. The molecule has 2 atom stereocenters. The molecule has 2 N–H and O–H groups in total. The third-order valence-electron chi connectivity index (χ3n) is 4.54. The largest absolute Gasteiger partial charge is 0.393 e. The SMILES string of the molecule is CCNc1c(F)cccc1C(=O)N1C2CCC1CC(O)C2. The molecule has 1 amide bonds. The van der Waals surface area contributed by atoms with Crippen molar-refractivity contribution in [2.75, 3.05) is 11.9 Å². The van der Waals surface area contributed by atoms with Crippen LogP contribution < -0.4 is 5.32 Å². The Kier molecular flexibility index (Phi) is 3.85. The van der Waals surface area contributed by atoms with E-state index in [0.717, 1.165) is 12.8 Å². The van der Waals surface area contributed by atoms with Crippen LogP contribution >= 0.6 is 0 Å². The fraction of sp³-hybridized carbons (Fsp3) is 0.562. The van der Waals surface area contributed by atoms with Gasteiger partial charge in [0.2, 0.25) is 0 Å². The Bertz CT molecular complexity index is 535. The summed E-state index contributed by atoms with van der Waals surface area (Å²) in [5.74, 6) is -0.517. The maximum absolute atomic E-state index is 14.0. The van der Waals surface area contributed by atoms with E-state index in [1.807, 2.05) is 11.8 Å². The van der Waals surface area contributed by atoms with Crippen molar-refractivity contribution in [2.45, 2.75) is 50.8 Å². The topological polar surface area (TPSA) is 52.6 Å². The van der Waals surface area contributed by atoms with Crippen molar-refractivity contribution in [2.24, 2.45) is 0 Å². The number of piperidine rings is 1. The second-order valence-electron chi connectivity index (χ2n) is 5.92. The van der Waals surface area contributed by atoms with Gasteiger partial charge in [0.25, 0.3) is 5.91 Å². The summed E-state index contributed by atoms with van der Waals surface area (Å²) in [5, 5.41) is 12.8. The van der Waals surface area contributed by atoms with Crippen molar-refractivity contribution in [1.29, 1.82) is 0 Å². The molecule has 0 spiro atoms. The van der Waals surface area contributed by atoms with Crippen molar-refractivity contribution < 1.29 is 14.3 Å². The highest BCUT2D eigenvalue weighted by Crippen LogP contribution is 2.37. The van der Waals surface area contributed by atoms with Crippen LogP contribution in [-0.2, 0) is 0 Å². The van der Waals surface area contributed by atoms with Gasteiger partial charge >= 0.3 is 0 Å². The van der Waals surface area contributed by atoms with E-state index in [2.05, 4.69) is 5.32 Å². The van der Waals surface area contributed by atoms with Crippen molar-refractivity contribution in [3.8, 4) is 0 Å². The van der Waals surface area contributed by atoms with E-state index in [1.165, 1.54) is 6.07 Å². The van der Waals surface area contributed by atoms with Gasteiger partial charge in [-0.3, -0.25) is 4.79 Å². The predicted octanol–water partition coefficient (Wildman–Crippen LogP) is 2.39. The van der Waals surface area contributed by atoms with Crippen LogP contribution in [0.15, 0.2) is 18.2 Å². The van der Waals surface area contributed by atoms with E-state index in [0.29, 0.717) is 24.9 Å². The maximum atomic E-state index is 14.0. The number of carbonyl (C=O) groups excluding carboxylic acids is 1. The van der Waals surface area contributed by atoms with E-state index < -0.39 is 5.82 Å². The lowest BCUT2D eigenvalue weighted by molar-refractivity contribution is 0.0287. The van der Waals surface area contributed by atoms with Crippen molar-refractivity contribution in [1.82, 2.24) is 4.90 Å². The molecule has 2 bridgehead atoms. The lowest BCUT2D eigenvalue weighted by Crippen LogP contribution is -2.48. The van der Waals surface area contributed by atoms with Crippen LogP contribution in [0.3, 0.4) is 0 Å². The average molecular weight is 292 g/mol. The number of rotatable bonds is 3. The molecule has 1 aromatic carbocycles. The molecule has 0 aliphatic carbocycles. The predicted molar refractivity (Wildman–Crippen MR) is 78.8 cm³/mol. The molecule has 2 unspecified atom stereocenters. The Labute approximate surface area is 124 Å². The molecule has 2 saturated heterocycles. The molecule has 0 radical (unpaired) electrons. The lowest BCUT2D eigenvalue weighted by atomic mass is 9.98. The number of benzene rings is 1. The van der Waals surface area contributed by atoms with Gasteiger partial charge in [-0.25, -0.2) is 4.39 Å². The number of amides is 1. The standard InChI is InChI=1S/C16H21FN2O2/c1-2-18-15-13(4-3-5-14(15)17)16(21)19-10-6-7-11(19)9-12(20)8-10/h3-5,10-12,18,20H,2,6-9H2,1H3. The zero-order chi connectivity index (χ0) is 15.0. The maximum Gasteiger partial charge on any atom is 0.256 e. The monoisotopic (exact) mass is 292 g/mol. The van der Waals surface area contributed by atoms with Gasteiger partial charge in [-0.2, -0.15) is 0 Å². The third kappa shape index (κ3) is 2.50. The normalized spacial score (nSPS) is 27.8. The molecular weight excluding hydrogens is 271 g/mol. The number of hydrogen-bond donors (Lipinski definition) is 2. The van der Waals surface area contributed by atoms with Crippen LogP contribution in [0.2, 0.25) is 0 Å². The molecule has 114 valence electrons. The van der Waals surface area contributed by atoms with Gasteiger partial charge in [0.15, 0.2) is 0 Å². The number of aliphatic hydroxyl groups excluding tert-OH is 1. The molecule has 3 rings (SSSR count). The number of nitrogens with zero attached hydrogens (tertiary/aromatic N) is 1. The van der Waals surface area contributed by atoms with E-state index in [9.17, 15) is 14.3 Å². The third-order valence-corrected chi connectivity index (χ3v) is 4.54. The first kappa shape index (κ1) is 14.3. The van der Waals surface area contributed by atoms with Crippen LogP contribution in [0.1, 0.15) is 43.0 Å². The van der Waals surface area contributed by atoms with Crippen LogP contribution in [0.25, 0.3) is 0 Å². The molecule has 5 heteroatoms. The first-order valence-electron chi connectivity index (χ1n) is 7.65. The molecule has 2 aliphatic heterocycles. The molecule has 2 aliphatic rings. The summed E-state index contributed by atoms with van der Waals surface area (Å²) >= 11 is 0. The minimum Gasteiger partial charge on any atom is -0.393 e. The molecule has 0 saturated carbocycles. The van der Waals surface area contributed by atoms with Crippen molar-refractivity contribution >= 4 is 11.6 Å². The van der Waals surface area contributed by atoms with Gasteiger partial charge < -0.3 is 15.3 Å². The minimum absolute atomic E-state index is 0.0870. The van der Waals surface area contributed by atoms with Crippen LogP contribution in [0, 0.1) is 5.82 Å². The Morgan fingerprint density at radius 2 is 2.05 bits per heavy atom. The van der Waals surface area contributed by atoms with Crippen molar-refractivity contribution in [3.05, 3.63) is 29.6 Å². The number of fused-ring (bicyclic) bond motifs is 2. The van der Waals surface area contributed by atoms with Gasteiger partial charge in [-0.1, -0.05) is 6.07 Å². The van der Waals surface area contributed by atoms with Crippen LogP contribution in [-0.4, -0.2) is 40.6 Å². The second kappa shape index (κ2) is 5.64. The molecule has 2 fully saturated rings.